The second kappa shape index (κ2) is 9.30. The van der Waals surface area contributed by atoms with E-state index in [0.717, 1.165) is 19.3 Å². The summed E-state index contributed by atoms with van der Waals surface area (Å²) in [6, 6.07) is 7.12. The Balaban J connectivity index is 1.79. The molecule has 1 fully saturated rings. The Labute approximate surface area is 143 Å². The average molecular weight is 333 g/mol. The third-order valence-corrected chi connectivity index (χ3v) is 4.32. The number of esters is 1. The average Bonchev–Trinajstić information content (AvgIpc) is 2.61. The van der Waals surface area contributed by atoms with Crippen LogP contribution in [0.4, 0.5) is 0 Å². The number of hydrogen-bond acceptors (Lipinski definition) is 4. The zero-order valence-corrected chi connectivity index (χ0v) is 14.5. The summed E-state index contributed by atoms with van der Waals surface area (Å²) in [5.74, 6) is 0.110. The highest BCUT2D eigenvalue weighted by Crippen LogP contribution is 2.18. The summed E-state index contributed by atoms with van der Waals surface area (Å²) in [5, 5.41) is 3.08. The summed E-state index contributed by atoms with van der Waals surface area (Å²) in [6.07, 6.45) is 6.42. The second-order valence-electron chi connectivity index (χ2n) is 6.33. The van der Waals surface area contributed by atoms with Crippen molar-refractivity contribution in [3.05, 3.63) is 29.8 Å². The molecule has 1 aromatic carbocycles. The second-order valence-corrected chi connectivity index (χ2v) is 6.33. The van der Waals surface area contributed by atoms with Gasteiger partial charge in [-0.3, -0.25) is 4.79 Å². The number of carbonyl (C=O) groups is 2. The number of benzene rings is 1. The third kappa shape index (κ3) is 5.87. The molecule has 1 N–H and O–H groups in total. The van der Waals surface area contributed by atoms with Crippen molar-refractivity contribution in [1.82, 2.24) is 5.32 Å². The van der Waals surface area contributed by atoms with E-state index in [9.17, 15) is 9.59 Å². The largest absolute Gasteiger partial charge is 0.482 e. The first-order valence-corrected chi connectivity index (χ1v) is 8.81. The number of hydrogen-bond donors (Lipinski definition) is 1. The van der Waals surface area contributed by atoms with Gasteiger partial charge < -0.3 is 14.8 Å². The molecule has 0 bridgehead atoms. The Morgan fingerprint density at radius 3 is 2.46 bits per heavy atom. The standard InChI is InChI=1S/C19H27NO4/c1-3-14(2)24-18(21)13-23-17-11-9-15(10-12-17)19(22)20-16-7-5-4-6-8-16/h9-12,14,16H,3-8,13H2,1-2H3,(H,20,22)/t14-/m1/s1. The topological polar surface area (TPSA) is 64.6 Å². The Morgan fingerprint density at radius 1 is 1.17 bits per heavy atom. The predicted octanol–water partition coefficient (Wildman–Crippen LogP) is 3.47. The molecule has 1 atom stereocenters. The maximum Gasteiger partial charge on any atom is 0.344 e. The van der Waals surface area contributed by atoms with Crippen molar-refractivity contribution >= 4 is 11.9 Å². The van der Waals surface area contributed by atoms with Crippen molar-refractivity contribution in [2.75, 3.05) is 6.61 Å². The molecule has 132 valence electrons. The van der Waals surface area contributed by atoms with E-state index >= 15 is 0 Å². The van der Waals surface area contributed by atoms with Crippen molar-refractivity contribution in [3.8, 4) is 5.75 Å². The van der Waals surface area contributed by atoms with Crippen LogP contribution in [0.15, 0.2) is 24.3 Å². The Bertz CT molecular complexity index is 535. The molecule has 1 aromatic rings. The molecule has 1 saturated carbocycles. The normalized spacial score (nSPS) is 16.2. The molecular weight excluding hydrogens is 306 g/mol. The zero-order chi connectivity index (χ0) is 17.4. The molecule has 1 amide bonds. The van der Waals surface area contributed by atoms with Gasteiger partial charge in [0.2, 0.25) is 0 Å². The fourth-order valence-corrected chi connectivity index (χ4v) is 2.70. The smallest absolute Gasteiger partial charge is 0.344 e. The van der Waals surface area contributed by atoms with Crippen molar-refractivity contribution < 1.29 is 19.1 Å². The summed E-state index contributed by atoms with van der Waals surface area (Å²) in [6.45, 7) is 3.67. The van der Waals surface area contributed by atoms with Crippen molar-refractivity contribution in [1.29, 1.82) is 0 Å². The van der Waals surface area contributed by atoms with Gasteiger partial charge in [0.1, 0.15) is 5.75 Å². The number of rotatable bonds is 7. The van der Waals surface area contributed by atoms with Crippen LogP contribution < -0.4 is 10.1 Å². The van der Waals surface area contributed by atoms with E-state index in [2.05, 4.69) is 5.32 Å². The van der Waals surface area contributed by atoms with Crippen LogP contribution in [0.3, 0.4) is 0 Å². The van der Waals surface area contributed by atoms with Gasteiger partial charge in [-0.1, -0.05) is 26.2 Å². The van der Waals surface area contributed by atoms with Crippen molar-refractivity contribution in [3.63, 3.8) is 0 Å². The van der Waals surface area contributed by atoms with E-state index in [-0.39, 0.29) is 30.6 Å². The molecule has 2 rings (SSSR count). The van der Waals surface area contributed by atoms with E-state index in [0.29, 0.717) is 11.3 Å². The van der Waals surface area contributed by atoms with Crippen molar-refractivity contribution in [2.45, 2.75) is 64.5 Å². The monoisotopic (exact) mass is 333 g/mol. The van der Waals surface area contributed by atoms with Gasteiger partial charge in [-0.15, -0.1) is 0 Å². The molecule has 0 saturated heterocycles. The summed E-state index contributed by atoms with van der Waals surface area (Å²) in [4.78, 5) is 23.8. The van der Waals surface area contributed by atoms with Gasteiger partial charge in [-0.25, -0.2) is 4.79 Å². The number of carbonyl (C=O) groups excluding carboxylic acids is 2. The zero-order valence-electron chi connectivity index (χ0n) is 14.5. The third-order valence-electron chi connectivity index (χ3n) is 4.32. The van der Waals surface area contributed by atoms with Gasteiger partial charge in [0.25, 0.3) is 5.91 Å². The molecule has 0 unspecified atom stereocenters. The van der Waals surface area contributed by atoms with Crippen LogP contribution in [-0.4, -0.2) is 30.6 Å². The summed E-state index contributed by atoms with van der Waals surface area (Å²) in [5.41, 5.74) is 0.607. The van der Waals surface area contributed by atoms with Gasteiger partial charge in [-0.2, -0.15) is 0 Å². The minimum Gasteiger partial charge on any atom is -0.482 e. The van der Waals surface area contributed by atoms with Gasteiger partial charge in [0.15, 0.2) is 6.61 Å². The number of nitrogens with one attached hydrogen (secondary N) is 1. The van der Waals surface area contributed by atoms with Crippen LogP contribution in [0.5, 0.6) is 5.75 Å². The van der Waals surface area contributed by atoms with Crippen LogP contribution >= 0.6 is 0 Å². The minimum absolute atomic E-state index is 0.0513. The maximum atomic E-state index is 12.2. The molecule has 1 aliphatic carbocycles. The lowest BCUT2D eigenvalue weighted by atomic mass is 9.95. The molecule has 5 heteroatoms. The minimum atomic E-state index is -0.386. The van der Waals surface area contributed by atoms with E-state index in [1.807, 2.05) is 13.8 Å². The van der Waals surface area contributed by atoms with Gasteiger partial charge in [-0.05, 0) is 50.5 Å². The highest BCUT2D eigenvalue weighted by atomic mass is 16.6. The molecule has 0 aliphatic heterocycles. The van der Waals surface area contributed by atoms with Gasteiger partial charge in [0.05, 0.1) is 6.10 Å². The number of amides is 1. The molecule has 0 aromatic heterocycles. The van der Waals surface area contributed by atoms with Crippen LogP contribution in [0.2, 0.25) is 0 Å². The first-order valence-electron chi connectivity index (χ1n) is 8.81. The lowest BCUT2D eigenvalue weighted by Crippen LogP contribution is -2.36. The van der Waals surface area contributed by atoms with Crippen LogP contribution in [0.1, 0.15) is 62.7 Å². The van der Waals surface area contributed by atoms with Crippen LogP contribution in [0.25, 0.3) is 0 Å². The predicted molar refractivity (Wildman–Crippen MR) is 92.1 cm³/mol. The molecule has 5 nitrogen and oxygen atoms in total. The fourth-order valence-electron chi connectivity index (χ4n) is 2.70. The highest BCUT2D eigenvalue weighted by molar-refractivity contribution is 5.94. The lowest BCUT2D eigenvalue weighted by Gasteiger charge is -2.22. The first-order chi connectivity index (χ1) is 11.6. The highest BCUT2D eigenvalue weighted by Gasteiger charge is 2.16. The van der Waals surface area contributed by atoms with Crippen LogP contribution in [0, 0.1) is 0 Å². The first kappa shape index (κ1) is 18.3. The number of ether oxygens (including phenoxy) is 2. The molecule has 1 aliphatic rings. The Hall–Kier alpha value is -2.04. The maximum absolute atomic E-state index is 12.2. The molecule has 0 radical (unpaired) electrons. The van der Waals surface area contributed by atoms with E-state index in [1.54, 1.807) is 24.3 Å². The summed E-state index contributed by atoms with van der Waals surface area (Å²) >= 11 is 0. The summed E-state index contributed by atoms with van der Waals surface area (Å²) in [7, 11) is 0. The Morgan fingerprint density at radius 2 is 1.83 bits per heavy atom. The summed E-state index contributed by atoms with van der Waals surface area (Å²) < 4.78 is 10.5. The van der Waals surface area contributed by atoms with Crippen LogP contribution in [-0.2, 0) is 9.53 Å². The lowest BCUT2D eigenvalue weighted by molar-refractivity contribution is -0.150. The van der Waals surface area contributed by atoms with E-state index in [1.165, 1.54) is 19.3 Å². The molecular formula is C19H27NO4. The van der Waals surface area contributed by atoms with Gasteiger partial charge >= 0.3 is 5.97 Å². The fraction of sp³-hybridized carbons (Fsp3) is 0.579. The molecule has 24 heavy (non-hydrogen) atoms. The SMILES string of the molecule is CC[C@@H](C)OC(=O)COc1ccc(C(=O)NC2CCCCC2)cc1. The Kier molecular flexibility index (Phi) is 7.09. The molecule has 0 heterocycles. The van der Waals surface area contributed by atoms with Gasteiger partial charge in [0, 0.05) is 11.6 Å². The van der Waals surface area contributed by atoms with E-state index in [4.69, 9.17) is 9.47 Å². The molecule has 0 spiro atoms. The van der Waals surface area contributed by atoms with Crippen molar-refractivity contribution in [2.24, 2.45) is 0 Å². The van der Waals surface area contributed by atoms with E-state index < -0.39 is 0 Å². The quantitative estimate of drug-likeness (QED) is 0.776.